The number of para-hydroxylation sites is 4. The molecule has 0 fully saturated rings. The summed E-state index contributed by atoms with van der Waals surface area (Å²) in [5.74, 6) is 2.82. The van der Waals surface area contributed by atoms with Crippen molar-refractivity contribution in [3.05, 3.63) is 121 Å². The van der Waals surface area contributed by atoms with E-state index in [1.807, 2.05) is 121 Å². The van der Waals surface area contributed by atoms with Crippen molar-refractivity contribution >= 4 is 17.2 Å². The summed E-state index contributed by atoms with van der Waals surface area (Å²) in [6.45, 7) is 18.4. The van der Waals surface area contributed by atoms with Gasteiger partial charge in [-0.1, -0.05) is 72.8 Å². The second kappa shape index (κ2) is 59.9. The Hall–Kier alpha value is -3.66. The first-order valence-electron chi connectivity index (χ1n) is 31.6. The number of hydrogen-bond acceptors (Lipinski definition) is 19. The highest BCUT2D eigenvalue weighted by atomic mass is 31.2. The van der Waals surface area contributed by atoms with Crippen molar-refractivity contribution < 1.29 is 88.7 Å². The van der Waals surface area contributed by atoms with E-state index in [1.165, 1.54) is 0 Å². The van der Waals surface area contributed by atoms with Crippen molar-refractivity contribution in [3.63, 3.8) is 0 Å². The summed E-state index contributed by atoms with van der Waals surface area (Å²) in [4.78, 5) is 0. The number of hydrogen-bond donors (Lipinski definition) is 0. The van der Waals surface area contributed by atoms with Crippen molar-refractivity contribution in [3.8, 4) is 23.0 Å². The summed E-state index contributed by atoms with van der Waals surface area (Å²) >= 11 is 0. The lowest BCUT2D eigenvalue weighted by atomic mass is 10.3. The minimum Gasteiger partial charge on any atom is -0.418 e. The van der Waals surface area contributed by atoms with Crippen molar-refractivity contribution in [2.45, 2.75) is 89.9 Å². The van der Waals surface area contributed by atoms with Crippen molar-refractivity contribution in [1.82, 2.24) is 0 Å². The van der Waals surface area contributed by atoms with Crippen LogP contribution >= 0.6 is 17.2 Å². The standard InChI is InChI=1S/C66H104O19P2/c1-5-27-63(28-6-1)82-86(83-64-29-7-2-8-30-64)80-59-25-57-76-53-22-51-74-50-21-49-73-48-20-47-72-46-19-45-71-44-18-43-70-42-17-41-69-40-16-39-68-38-15-37-67-35-13-14-36-78-61-62-79-56-24-55-75-52-23-54-77-58-26-60-81-87(84-65-31-9-3-10-32-65)85-66-33-11-4-12-34-66/h1-12,27-34H,13-26,35-62H2. The SMILES string of the molecule is c1ccc(OP(OCCCOCCCOCCCOCCCOCCCOCCCOCCCOCCCOCCCOCCCCOCCOCCCOCCCOCCCOP(Oc2ccccc2)Oc2ccccc2)Oc2ccccc2)cc1. The van der Waals surface area contributed by atoms with Crippen LogP contribution in [0.1, 0.15) is 89.9 Å². The normalized spacial score (nSPS) is 11.5. The number of benzene rings is 4. The van der Waals surface area contributed by atoms with Gasteiger partial charge in [0, 0.05) is 159 Å². The quantitative estimate of drug-likeness (QED) is 0.0301. The Morgan fingerprint density at radius 2 is 0.310 bits per heavy atom. The van der Waals surface area contributed by atoms with Gasteiger partial charge >= 0.3 is 17.2 Å². The summed E-state index contributed by atoms with van der Waals surface area (Å²) in [5, 5.41) is 0. The van der Waals surface area contributed by atoms with Gasteiger partial charge in [0.2, 0.25) is 0 Å². The van der Waals surface area contributed by atoms with Crippen LogP contribution in [0.25, 0.3) is 0 Å². The zero-order chi connectivity index (χ0) is 60.7. The van der Waals surface area contributed by atoms with Crippen LogP contribution in [-0.4, -0.2) is 185 Å². The van der Waals surface area contributed by atoms with E-state index in [0.29, 0.717) is 201 Å². The maximum absolute atomic E-state index is 5.95. The molecule has 0 aromatic heterocycles. The first kappa shape index (κ1) is 75.8. The molecule has 0 saturated heterocycles. The van der Waals surface area contributed by atoms with Crippen LogP contribution in [0.4, 0.5) is 0 Å². The predicted octanol–water partition coefficient (Wildman–Crippen LogP) is 13.5. The predicted molar refractivity (Wildman–Crippen MR) is 339 cm³/mol. The van der Waals surface area contributed by atoms with Gasteiger partial charge in [-0.05, 0) is 138 Å². The third kappa shape index (κ3) is 48.8. The first-order chi connectivity index (χ1) is 43.3. The van der Waals surface area contributed by atoms with Crippen molar-refractivity contribution in [2.24, 2.45) is 0 Å². The monoisotopic (exact) mass is 1260 g/mol. The first-order valence-corrected chi connectivity index (χ1v) is 33.8. The van der Waals surface area contributed by atoms with Crippen molar-refractivity contribution in [2.75, 3.05) is 185 Å². The number of rotatable bonds is 66. The van der Waals surface area contributed by atoms with Crippen LogP contribution in [0, 0.1) is 0 Å². The fraction of sp³-hybridized carbons (Fsp3) is 0.636. The van der Waals surface area contributed by atoms with Gasteiger partial charge in [0.05, 0.1) is 26.4 Å². The van der Waals surface area contributed by atoms with E-state index >= 15 is 0 Å². The Kier molecular flexibility index (Phi) is 52.2. The molecule has 492 valence electrons. The molecule has 0 spiro atoms. The van der Waals surface area contributed by atoms with Gasteiger partial charge in [0.1, 0.15) is 23.0 Å². The second-order valence-electron chi connectivity index (χ2n) is 19.6. The average Bonchev–Trinajstić information content (AvgIpc) is 3.59. The molecule has 19 nitrogen and oxygen atoms in total. The second-order valence-corrected chi connectivity index (χ2v) is 21.8. The van der Waals surface area contributed by atoms with E-state index in [2.05, 4.69) is 0 Å². The lowest BCUT2D eigenvalue weighted by molar-refractivity contribution is 0.0288. The molecular formula is C66H104O19P2. The summed E-state index contributed by atoms with van der Waals surface area (Å²) in [6.07, 6.45) is 12.1. The number of unbranched alkanes of at least 4 members (excludes halogenated alkanes) is 1. The Bertz CT molecular complexity index is 1770. The maximum atomic E-state index is 5.95. The van der Waals surface area contributed by atoms with Crippen LogP contribution in [0.15, 0.2) is 121 Å². The zero-order valence-electron chi connectivity index (χ0n) is 51.9. The molecule has 0 saturated carbocycles. The van der Waals surface area contributed by atoms with Gasteiger partial charge in [-0.15, -0.1) is 0 Å². The van der Waals surface area contributed by atoms with Crippen LogP contribution in [0.2, 0.25) is 0 Å². The van der Waals surface area contributed by atoms with Gasteiger partial charge in [0.25, 0.3) is 0 Å². The topological polar surface area (TPSA) is 175 Å². The lowest BCUT2D eigenvalue weighted by Gasteiger charge is -2.17. The van der Waals surface area contributed by atoms with Crippen LogP contribution < -0.4 is 18.1 Å². The highest BCUT2D eigenvalue weighted by molar-refractivity contribution is 7.42. The molecule has 0 amide bonds. The van der Waals surface area contributed by atoms with Gasteiger partial charge in [0.15, 0.2) is 0 Å². The summed E-state index contributed by atoms with van der Waals surface area (Å²) in [6, 6.07) is 38.2. The van der Waals surface area contributed by atoms with E-state index in [1.54, 1.807) is 0 Å². The molecule has 0 aliphatic heterocycles. The molecule has 4 aromatic rings. The fourth-order valence-corrected chi connectivity index (χ4v) is 9.51. The molecule has 4 aromatic carbocycles. The molecule has 4 rings (SSSR count). The van der Waals surface area contributed by atoms with Gasteiger partial charge in [-0.25, -0.2) is 0 Å². The Balaban J connectivity index is 0.726. The average molecular weight is 1260 g/mol. The summed E-state index contributed by atoms with van der Waals surface area (Å²) < 4.78 is 110. The maximum Gasteiger partial charge on any atom is 0.463 e. The molecule has 0 atom stereocenters. The van der Waals surface area contributed by atoms with Gasteiger partial charge < -0.3 is 79.7 Å². The molecule has 0 N–H and O–H groups in total. The Labute approximate surface area is 523 Å². The fourth-order valence-electron chi connectivity index (χ4n) is 7.50. The van der Waals surface area contributed by atoms with E-state index < -0.39 is 17.2 Å². The van der Waals surface area contributed by atoms with E-state index in [-0.39, 0.29) is 0 Å². The van der Waals surface area contributed by atoms with Crippen LogP contribution in [0.3, 0.4) is 0 Å². The highest BCUT2D eigenvalue weighted by Crippen LogP contribution is 2.42. The Morgan fingerprint density at radius 1 is 0.161 bits per heavy atom. The van der Waals surface area contributed by atoms with E-state index in [0.717, 1.165) is 96.5 Å². The third-order valence-electron chi connectivity index (χ3n) is 11.9. The van der Waals surface area contributed by atoms with E-state index in [9.17, 15) is 0 Å². The smallest absolute Gasteiger partial charge is 0.418 e. The largest absolute Gasteiger partial charge is 0.463 e. The summed E-state index contributed by atoms with van der Waals surface area (Å²) in [7, 11) is -3.16. The minimum absolute atomic E-state index is 0.471. The highest BCUT2D eigenvalue weighted by Gasteiger charge is 2.18. The zero-order valence-corrected chi connectivity index (χ0v) is 53.7. The molecule has 0 aliphatic carbocycles. The van der Waals surface area contributed by atoms with Gasteiger partial charge in [-0.2, -0.15) is 0 Å². The van der Waals surface area contributed by atoms with Crippen LogP contribution in [0.5, 0.6) is 23.0 Å². The molecule has 0 unspecified atom stereocenters. The molecule has 87 heavy (non-hydrogen) atoms. The van der Waals surface area contributed by atoms with Crippen molar-refractivity contribution in [1.29, 1.82) is 0 Å². The minimum atomic E-state index is -1.58. The van der Waals surface area contributed by atoms with Gasteiger partial charge in [-0.3, -0.25) is 9.05 Å². The summed E-state index contributed by atoms with van der Waals surface area (Å²) in [5.41, 5.74) is 0. The third-order valence-corrected chi connectivity index (χ3v) is 14.2. The lowest BCUT2D eigenvalue weighted by Crippen LogP contribution is -2.09. The Morgan fingerprint density at radius 3 is 0.494 bits per heavy atom. The van der Waals surface area contributed by atoms with E-state index in [4.69, 9.17) is 88.7 Å². The number of ether oxygens (including phenoxy) is 13. The molecule has 0 heterocycles. The molecule has 0 aliphatic rings. The molecule has 0 radical (unpaired) electrons. The molecule has 21 heteroatoms. The molecular weight excluding hydrogens is 1160 g/mol. The molecule has 0 bridgehead atoms. The van der Waals surface area contributed by atoms with Crippen LogP contribution in [-0.2, 0) is 70.6 Å².